The van der Waals surface area contributed by atoms with Gasteiger partial charge < -0.3 is 16.4 Å². The van der Waals surface area contributed by atoms with E-state index in [1.165, 1.54) is 6.33 Å². The molecule has 0 aliphatic carbocycles. The van der Waals surface area contributed by atoms with Gasteiger partial charge in [-0.15, -0.1) is 0 Å². The van der Waals surface area contributed by atoms with Gasteiger partial charge in [-0.3, -0.25) is 0 Å². The number of hydrogen-bond acceptors (Lipinski definition) is 4. The first kappa shape index (κ1) is 11.8. The summed E-state index contributed by atoms with van der Waals surface area (Å²) in [5, 5.41) is 5.38. The molecule has 0 aliphatic heterocycles. The Hall–Kier alpha value is -2.63. The average molecular weight is 243 g/mol. The number of hydrogen-bond donors (Lipinski definition) is 3. The van der Waals surface area contributed by atoms with Gasteiger partial charge in [0.2, 0.25) is 0 Å². The van der Waals surface area contributed by atoms with Crippen molar-refractivity contribution in [1.29, 1.82) is 0 Å². The first-order valence-corrected chi connectivity index (χ1v) is 5.39. The molecule has 6 heteroatoms. The highest BCUT2D eigenvalue weighted by molar-refractivity contribution is 5.89. The maximum Gasteiger partial charge on any atom is 0.319 e. The molecule has 0 unspecified atom stereocenters. The maximum absolute atomic E-state index is 11.6. The second-order valence-electron chi connectivity index (χ2n) is 3.63. The molecule has 0 aliphatic rings. The monoisotopic (exact) mass is 243 g/mol. The normalized spacial score (nSPS) is 9.78. The van der Waals surface area contributed by atoms with Gasteiger partial charge in [0, 0.05) is 17.6 Å². The number of nitrogens with zero attached hydrogens (tertiary/aromatic N) is 2. The highest BCUT2D eigenvalue weighted by Crippen LogP contribution is 2.09. The van der Waals surface area contributed by atoms with Gasteiger partial charge in [-0.1, -0.05) is 0 Å². The van der Waals surface area contributed by atoms with E-state index in [0.717, 1.165) is 5.69 Å². The summed E-state index contributed by atoms with van der Waals surface area (Å²) in [4.78, 5) is 19.4. The minimum absolute atomic E-state index is 0.293. The largest absolute Gasteiger partial charge is 0.399 e. The van der Waals surface area contributed by atoms with E-state index in [1.807, 2.05) is 0 Å². The summed E-state index contributed by atoms with van der Waals surface area (Å²) in [5.74, 6) is 0. The van der Waals surface area contributed by atoms with Gasteiger partial charge in [0.15, 0.2) is 0 Å². The van der Waals surface area contributed by atoms with Gasteiger partial charge in [0.25, 0.3) is 0 Å². The Morgan fingerprint density at radius 3 is 2.67 bits per heavy atom. The molecule has 2 aromatic rings. The first-order chi connectivity index (χ1) is 8.74. The molecule has 0 atom stereocenters. The van der Waals surface area contributed by atoms with E-state index in [-0.39, 0.29) is 6.03 Å². The van der Waals surface area contributed by atoms with Crippen LogP contribution in [0.4, 0.5) is 16.2 Å². The lowest BCUT2D eigenvalue weighted by molar-refractivity contribution is 0.251. The molecule has 1 heterocycles. The third-order valence-corrected chi connectivity index (χ3v) is 2.24. The van der Waals surface area contributed by atoms with Crippen LogP contribution in [-0.2, 0) is 6.54 Å². The molecule has 0 spiro atoms. The van der Waals surface area contributed by atoms with Crippen molar-refractivity contribution in [2.24, 2.45) is 0 Å². The summed E-state index contributed by atoms with van der Waals surface area (Å²) in [6.07, 6.45) is 3.07. The summed E-state index contributed by atoms with van der Waals surface area (Å²) >= 11 is 0. The SMILES string of the molecule is Nc1ccc(NC(=O)NCc2ccncn2)cc1. The van der Waals surface area contributed by atoms with Gasteiger partial charge in [-0.2, -0.15) is 0 Å². The van der Waals surface area contributed by atoms with Crippen LogP contribution in [0.1, 0.15) is 5.69 Å². The minimum atomic E-state index is -0.293. The molecule has 0 saturated heterocycles. The van der Waals surface area contributed by atoms with Crippen LogP contribution < -0.4 is 16.4 Å². The molecule has 2 amide bonds. The maximum atomic E-state index is 11.6. The first-order valence-electron chi connectivity index (χ1n) is 5.39. The van der Waals surface area contributed by atoms with Gasteiger partial charge in [0.05, 0.1) is 12.2 Å². The number of nitrogens with two attached hydrogens (primary N) is 1. The van der Waals surface area contributed by atoms with Crippen molar-refractivity contribution < 1.29 is 4.79 Å². The fourth-order valence-corrected chi connectivity index (χ4v) is 1.34. The van der Waals surface area contributed by atoms with Gasteiger partial charge >= 0.3 is 6.03 Å². The van der Waals surface area contributed by atoms with Crippen LogP contribution in [0, 0.1) is 0 Å². The van der Waals surface area contributed by atoms with E-state index in [9.17, 15) is 4.79 Å². The Bertz CT molecular complexity index is 512. The van der Waals surface area contributed by atoms with Crippen molar-refractivity contribution in [3.8, 4) is 0 Å². The molecule has 1 aromatic heterocycles. The van der Waals surface area contributed by atoms with Crippen molar-refractivity contribution in [3.05, 3.63) is 48.5 Å². The predicted molar refractivity (Wildman–Crippen MR) is 68.7 cm³/mol. The molecule has 6 nitrogen and oxygen atoms in total. The molecule has 0 fully saturated rings. The van der Waals surface area contributed by atoms with Gasteiger partial charge in [-0.25, -0.2) is 14.8 Å². The van der Waals surface area contributed by atoms with Crippen LogP contribution in [0.5, 0.6) is 0 Å². The summed E-state index contributed by atoms with van der Waals surface area (Å²) in [5.41, 5.74) is 7.64. The molecule has 18 heavy (non-hydrogen) atoms. The van der Waals surface area contributed by atoms with E-state index < -0.39 is 0 Å². The molecule has 2 rings (SSSR count). The summed E-state index contributed by atoms with van der Waals surface area (Å²) in [6.45, 7) is 0.351. The number of urea groups is 1. The predicted octanol–water partition coefficient (Wildman–Crippen LogP) is 1.38. The second-order valence-corrected chi connectivity index (χ2v) is 3.63. The summed E-state index contributed by atoms with van der Waals surface area (Å²) in [7, 11) is 0. The van der Waals surface area contributed by atoms with Crippen LogP contribution in [0.3, 0.4) is 0 Å². The van der Waals surface area contributed by atoms with Crippen LogP contribution in [-0.4, -0.2) is 16.0 Å². The standard InChI is InChI=1S/C12H13N5O/c13-9-1-3-10(4-2-9)17-12(18)15-7-11-5-6-14-8-16-11/h1-6,8H,7,13H2,(H2,15,17,18). The van der Waals surface area contributed by atoms with E-state index in [0.29, 0.717) is 17.9 Å². The number of nitrogens with one attached hydrogen (secondary N) is 2. The topological polar surface area (TPSA) is 92.9 Å². The van der Waals surface area contributed by atoms with Crippen LogP contribution in [0.25, 0.3) is 0 Å². The third-order valence-electron chi connectivity index (χ3n) is 2.24. The van der Waals surface area contributed by atoms with Gasteiger partial charge in [-0.05, 0) is 30.3 Å². The van der Waals surface area contributed by atoms with Crippen LogP contribution in [0.2, 0.25) is 0 Å². The molecule has 0 saturated carbocycles. The summed E-state index contributed by atoms with van der Waals surface area (Å²) < 4.78 is 0. The van der Waals surface area contributed by atoms with E-state index in [2.05, 4.69) is 20.6 Å². The average Bonchev–Trinajstić information content (AvgIpc) is 2.40. The molecular formula is C12H13N5O. The van der Waals surface area contributed by atoms with Gasteiger partial charge in [0.1, 0.15) is 6.33 Å². The van der Waals surface area contributed by atoms with Crippen LogP contribution in [0.15, 0.2) is 42.9 Å². The van der Waals surface area contributed by atoms with E-state index in [1.54, 1.807) is 36.5 Å². The number of amides is 2. The Kier molecular flexibility index (Phi) is 3.70. The number of nitrogen functional groups attached to an aromatic ring is 1. The zero-order chi connectivity index (χ0) is 12.8. The minimum Gasteiger partial charge on any atom is -0.399 e. The number of anilines is 2. The fourth-order valence-electron chi connectivity index (χ4n) is 1.34. The van der Waals surface area contributed by atoms with E-state index in [4.69, 9.17) is 5.73 Å². The lowest BCUT2D eigenvalue weighted by Gasteiger charge is -2.07. The number of aromatic nitrogens is 2. The molecule has 0 bridgehead atoms. The second kappa shape index (κ2) is 5.62. The Morgan fingerprint density at radius 1 is 1.22 bits per heavy atom. The smallest absolute Gasteiger partial charge is 0.319 e. The molecule has 0 radical (unpaired) electrons. The van der Waals surface area contributed by atoms with Crippen molar-refractivity contribution in [3.63, 3.8) is 0 Å². The summed E-state index contributed by atoms with van der Waals surface area (Å²) in [6, 6.07) is 8.36. The van der Waals surface area contributed by atoms with Crippen LogP contribution >= 0.6 is 0 Å². The lowest BCUT2D eigenvalue weighted by atomic mass is 10.3. The Labute approximate surface area is 104 Å². The van der Waals surface area contributed by atoms with Crippen molar-refractivity contribution in [1.82, 2.24) is 15.3 Å². The Balaban J connectivity index is 1.84. The molecule has 92 valence electrons. The highest BCUT2D eigenvalue weighted by Gasteiger charge is 2.01. The Morgan fingerprint density at radius 2 is 2.00 bits per heavy atom. The van der Waals surface area contributed by atoms with E-state index >= 15 is 0 Å². The highest BCUT2D eigenvalue weighted by atomic mass is 16.2. The fraction of sp³-hybridized carbons (Fsp3) is 0.0833. The quantitative estimate of drug-likeness (QED) is 0.710. The third kappa shape index (κ3) is 3.44. The zero-order valence-electron chi connectivity index (χ0n) is 9.63. The van der Waals surface area contributed by atoms with Crippen molar-refractivity contribution in [2.75, 3.05) is 11.1 Å². The molecule has 1 aromatic carbocycles. The van der Waals surface area contributed by atoms with Crippen molar-refractivity contribution in [2.45, 2.75) is 6.54 Å². The molecule has 4 N–H and O–H groups in total. The number of carbonyl (C=O) groups excluding carboxylic acids is 1. The number of carbonyl (C=O) groups is 1. The number of rotatable bonds is 3. The molecular weight excluding hydrogens is 230 g/mol. The zero-order valence-corrected chi connectivity index (χ0v) is 9.63. The van der Waals surface area contributed by atoms with Crippen molar-refractivity contribution >= 4 is 17.4 Å². The lowest BCUT2D eigenvalue weighted by Crippen LogP contribution is -2.28. The number of benzene rings is 1.